The Bertz CT molecular complexity index is 1100. The number of hydrogen-bond donors (Lipinski definition) is 2. The van der Waals surface area contributed by atoms with Gasteiger partial charge in [-0.15, -0.1) is 10.2 Å². The monoisotopic (exact) mass is 442 g/mol. The smallest absolute Gasteiger partial charge is 0.273 e. The third kappa shape index (κ3) is 5.19. The lowest BCUT2D eigenvalue weighted by Crippen LogP contribution is -2.38. The van der Waals surface area contributed by atoms with Crippen molar-refractivity contribution < 1.29 is 9.72 Å². The number of nitro benzene ring substituents is 1. The Morgan fingerprint density at radius 2 is 1.93 bits per heavy atom. The van der Waals surface area contributed by atoms with E-state index in [2.05, 4.69) is 20.9 Å². The maximum absolute atomic E-state index is 12.4. The minimum Gasteiger partial charge on any atom is -0.298 e. The summed E-state index contributed by atoms with van der Waals surface area (Å²) in [4.78, 5) is 23.0. The number of thiocarbonyl (C=S) groups is 1. The van der Waals surface area contributed by atoms with Crippen LogP contribution >= 0.6 is 24.0 Å². The molecule has 11 heteroatoms. The van der Waals surface area contributed by atoms with Gasteiger partial charge in [-0.3, -0.25) is 25.7 Å². The molecule has 3 rings (SSSR count). The van der Waals surface area contributed by atoms with E-state index in [1.807, 2.05) is 30.3 Å². The minimum atomic E-state index is -0.556. The first-order chi connectivity index (χ1) is 14.3. The van der Waals surface area contributed by atoms with Crippen molar-refractivity contribution >= 4 is 40.7 Å². The molecule has 1 heterocycles. The fourth-order valence-electron chi connectivity index (χ4n) is 2.54. The van der Waals surface area contributed by atoms with Crippen LogP contribution in [0.3, 0.4) is 0 Å². The maximum Gasteiger partial charge on any atom is 0.273 e. The van der Waals surface area contributed by atoms with E-state index in [0.29, 0.717) is 22.3 Å². The lowest BCUT2D eigenvalue weighted by atomic mass is 10.1. The van der Waals surface area contributed by atoms with E-state index < -0.39 is 10.8 Å². The van der Waals surface area contributed by atoms with Gasteiger partial charge in [0, 0.05) is 22.9 Å². The predicted octanol–water partition coefficient (Wildman–Crippen LogP) is 3.35. The van der Waals surface area contributed by atoms with Gasteiger partial charge in [0.1, 0.15) is 5.82 Å². The summed E-state index contributed by atoms with van der Waals surface area (Å²) in [5.74, 6) is 0.695. The SMILES string of the molecule is Cc1ccc(C(=O)NC(=S)Nn2c(C)nnc2SCc2ccccc2)cc1[N+](=O)[O-]. The van der Waals surface area contributed by atoms with Gasteiger partial charge >= 0.3 is 0 Å². The van der Waals surface area contributed by atoms with Crippen LogP contribution in [0.2, 0.25) is 0 Å². The highest BCUT2D eigenvalue weighted by atomic mass is 32.2. The van der Waals surface area contributed by atoms with Gasteiger partial charge in [-0.1, -0.05) is 48.2 Å². The number of rotatable bonds is 6. The normalized spacial score (nSPS) is 10.5. The van der Waals surface area contributed by atoms with Crippen molar-refractivity contribution in [2.24, 2.45) is 0 Å². The molecule has 0 radical (unpaired) electrons. The van der Waals surface area contributed by atoms with Gasteiger partial charge in [0.05, 0.1) is 4.92 Å². The molecule has 0 aliphatic heterocycles. The molecule has 0 aliphatic carbocycles. The number of hydrogen-bond acceptors (Lipinski definition) is 7. The number of carbonyl (C=O) groups is 1. The van der Waals surface area contributed by atoms with Crippen molar-refractivity contribution in [3.63, 3.8) is 0 Å². The Hall–Kier alpha value is -3.31. The van der Waals surface area contributed by atoms with Crippen LogP contribution in [-0.4, -0.2) is 30.8 Å². The minimum absolute atomic E-state index is 0.0210. The number of aromatic nitrogens is 3. The van der Waals surface area contributed by atoms with E-state index in [1.54, 1.807) is 18.5 Å². The molecule has 0 unspecified atom stereocenters. The zero-order valence-corrected chi connectivity index (χ0v) is 17.8. The van der Waals surface area contributed by atoms with Crippen molar-refractivity contribution in [2.75, 3.05) is 5.43 Å². The lowest BCUT2D eigenvalue weighted by molar-refractivity contribution is -0.385. The molecule has 0 fully saturated rings. The fourth-order valence-corrected chi connectivity index (χ4v) is 3.62. The molecule has 0 atom stereocenters. The van der Waals surface area contributed by atoms with Crippen LogP contribution in [0.25, 0.3) is 0 Å². The van der Waals surface area contributed by atoms with Gasteiger partial charge in [-0.05, 0) is 37.7 Å². The van der Waals surface area contributed by atoms with Gasteiger partial charge in [0.15, 0.2) is 5.11 Å². The molecule has 30 heavy (non-hydrogen) atoms. The van der Waals surface area contributed by atoms with Crippen molar-refractivity contribution in [1.29, 1.82) is 0 Å². The summed E-state index contributed by atoms with van der Waals surface area (Å²) in [6.07, 6.45) is 0. The summed E-state index contributed by atoms with van der Waals surface area (Å²) < 4.78 is 1.58. The first kappa shape index (κ1) is 21.4. The average Bonchev–Trinajstić information content (AvgIpc) is 3.06. The lowest BCUT2D eigenvalue weighted by Gasteiger charge is -2.13. The zero-order chi connectivity index (χ0) is 21.7. The van der Waals surface area contributed by atoms with Gasteiger partial charge in [-0.25, -0.2) is 4.68 Å². The third-order valence-corrected chi connectivity index (χ3v) is 5.31. The van der Waals surface area contributed by atoms with E-state index >= 15 is 0 Å². The number of thioether (sulfide) groups is 1. The van der Waals surface area contributed by atoms with Crippen molar-refractivity contribution in [3.8, 4) is 0 Å². The van der Waals surface area contributed by atoms with Gasteiger partial charge in [-0.2, -0.15) is 0 Å². The number of amides is 1. The van der Waals surface area contributed by atoms with E-state index in [9.17, 15) is 14.9 Å². The van der Waals surface area contributed by atoms with Crippen LogP contribution in [0.4, 0.5) is 5.69 Å². The number of nitrogens with one attached hydrogen (secondary N) is 2. The van der Waals surface area contributed by atoms with Crippen LogP contribution in [-0.2, 0) is 5.75 Å². The summed E-state index contributed by atoms with van der Waals surface area (Å²) >= 11 is 6.69. The number of carbonyl (C=O) groups excluding carboxylic acids is 1. The summed E-state index contributed by atoms with van der Waals surface area (Å²) in [7, 11) is 0. The third-order valence-electron chi connectivity index (χ3n) is 4.11. The molecule has 9 nitrogen and oxygen atoms in total. The summed E-state index contributed by atoms with van der Waals surface area (Å²) in [6.45, 7) is 3.36. The van der Waals surface area contributed by atoms with Crippen LogP contribution in [0.5, 0.6) is 0 Å². The number of nitro groups is 1. The first-order valence-corrected chi connectivity index (χ1v) is 10.2. The highest BCUT2D eigenvalue weighted by Crippen LogP contribution is 2.21. The van der Waals surface area contributed by atoms with Gasteiger partial charge in [0.25, 0.3) is 11.6 Å². The second-order valence-electron chi connectivity index (χ2n) is 6.29. The Balaban J connectivity index is 1.66. The van der Waals surface area contributed by atoms with E-state index in [1.165, 1.54) is 30.0 Å². The number of nitrogens with zero attached hydrogens (tertiary/aromatic N) is 4. The molecule has 1 aromatic heterocycles. The summed E-state index contributed by atoms with van der Waals surface area (Å²) in [5.41, 5.74) is 4.49. The van der Waals surface area contributed by atoms with E-state index in [-0.39, 0.29) is 16.4 Å². The highest BCUT2D eigenvalue weighted by Gasteiger charge is 2.17. The molecule has 1 amide bonds. The Labute approximate surface area is 182 Å². The topological polar surface area (TPSA) is 115 Å². The number of aryl methyl sites for hydroxylation is 2. The molecular weight excluding hydrogens is 424 g/mol. The maximum atomic E-state index is 12.4. The van der Waals surface area contributed by atoms with Crippen LogP contribution < -0.4 is 10.7 Å². The van der Waals surface area contributed by atoms with E-state index in [4.69, 9.17) is 12.2 Å². The van der Waals surface area contributed by atoms with Crippen LogP contribution in [0, 0.1) is 24.0 Å². The molecule has 0 bridgehead atoms. The Morgan fingerprint density at radius 3 is 2.63 bits per heavy atom. The largest absolute Gasteiger partial charge is 0.298 e. The molecule has 154 valence electrons. The predicted molar refractivity (Wildman–Crippen MR) is 118 cm³/mol. The molecule has 3 aromatic rings. The Kier molecular flexibility index (Phi) is 6.75. The number of benzene rings is 2. The first-order valence-electron chi connectivity index (χ1n) is 8.81. The van der Waals surface area contributed by atoms with Gasteiger partial charge < -0.3 is 0 Å². The van der Waals surface area contributed by atoms with Crippen molar-refractivity contribution in [3.05, 3.63) is 81.2 Å². The average molecular weight is 443 g/mol. The second-order valence-corrected chi connectivity index (χ2v) is 7.64. The zero-order valence-electron chi connectivity index (χ0n) is 16.2. The van der Waals surface area contributed by atoms with Crippen LogP contribution in [0.15, 0.2) is 53.7 Å². The molecule has 2 aromatic carbocycles. The summed E-state index contributed by atoms with van der Waals surface area (Å²) in [6, 6.07) is 14.1. The van der Waals surface area contributed by atoms with E-state index in [0.717, 1.165) is 5.56 Å². The van der Waals surface area contributed by atoms with Gasteiger partial charge in [0.2, 0.25) is 5.16 Å². The standard InChI is InChI=1S/C19H18N6O3S2/c1-12-8-9-15(10-16(12)25(27)28)17(26)20-18(29)23-24-13(2)21-22-19(24)30-11-14-6-4-3-5-7-14/h3-10H,11H2,1-2H3,(H2,20,23,26,29). The molecular formula is C19H18N6O3S2. The fraction of sp³-hybridized carbons (Fsp3) is 0.158. The van der Waals surface area contributed by atoms with Crippen LogP contribution in [0.1, 0.15) is 27.3 Å². The molecule has 0 saturated carbocycles. The molecule has 0 saturated heterocycles. The highest BCUT2D eigenvalue weighted by molar-refractivity contribution is 7.98. The second kappa shape index (κ2) is 9.46. The summed E-state index contributed by atoms with van der Waals surface area (Å²) in [5, 5.41) is 22.4. The van der Waals surface area contributed by atoms with Crippen molar-refractivity contribution in [2.45, 2.75) is 24.8 Å². The van der Waals surface area contributed by atoms with Crippen molar-refractivity contribution in [1.82, 2.24) is 20.2 Å². The molecule has 0 spiro atoms. The quantitative estimate of drug-likeness (QED) is 0.258. The molecule has 0 aliphatic rings. The Morgan fingerprint density at radius 1 is 1.20 bits per heavy atom. The molecule has 2 N–H and O–H groups in total.